The molecule has 1 N–H and O–H groups in total. The van der Waals surface area contributed by atoms with Gasteiger partial charge in [0.15, 0.2) is 6.61 Å². The van der Waals surface area contributed by atoms with E-state index in [0.717, 1.165) is 11.3 Å². The smallest absolute Gasteiger partial charge is 0.422 e. The van der Waals surface area contributed by atoms with Gasteiger partial charge in [-0.15, -0.1) is 0 Å². The van der Waals surface area contributed by atoms with Crippen LogP contribution in [0.5, 0.6) is 5.75 Å². The molecule has 2 rings (SSSR count). The van der Waals surface area contributed by atoms with Crippen LogP contribution in [0, 0.1) is 5.92 Å². The molecule has 1 aromatic carbocycles. The molecule has 156 valence electrons. The number of amides is 2. The molecule has 9 heteroatoms. The maximum absolute atomic E-state index is 12.5. The molecule has 1 aliphatic heterocycles. The number of ether oxygens (including phenoxy) is 2. The third kappa shape index (κ3) is 6.61. The molecular formula is C19H25F3N2O4. The molecule has 0 aromatic heterocycles. The number of halogens is 3. The average molecular weight is 402 g/mol. The van der Waals surface area contributed by atoms with Gasteiger partial charge in [0.25, 0.3) is 0 Å². The number of hydrogen-bond acceptors (Lipinski definition) is 4. The molecule has 6 nitrogen and oxygen atoms in total. The topological polar surface area (TPSA) is 67.9 Å². The molecule has 0 spiro atoms. The number of nitrogens with one attached hydrogen (secondary N) is 1. The summed E-state index contributed by atoms with van der Waals surface area (Å²) in [4.78, 5) is 25.3. The van der Waals surface area contributed by atoms with Crippen LogP contribution in [0.3, 0.4) is 0 Å². The monoisotopic (exact) mass is 402 g/mol. The number of carbonyl (C=O) groups excluding carboxylic acids is 2. The number of hydrogen-bond donors (Lipinski definition) is 1. The van der Waals surface area contributed by atoms with E-state index in [1.54, 1.807) is 0 Å². The summed E-state index contributed by atoms with van der Waals surface area (Å²) in [6.07, 6.45) is -4.80. The Labute approximate surface area is 162 Å². The zero-order chi connectivity index (χ0) is 20.7. The van der Waals surface area contributed by atoms with Crippen LogP contribution >= 0.6 is 0 Å². The van der Waals surface area contributed by atoms with Gasteiger partial charge >= 0.3 is 12.3 Å². The van der Waals surface area contributed by atoms with Gasteiger partial charge < -0.3 is 19.7 Å². The van der Waals surface area contributed by atoms with Crippen LogP contribution in [0.4, 0.5) is 18.0 Å². The van der Waals surface area contributed by atoms with E-state index in [9.17, 15) is 22.8 Å². The molecule has 1 aromatic rings. The molecule has 0 bridgehead atoms. The van der Waals surface area contributed by atoms with E-state index in [4.69, 9.17) is 4.74 Å². The van der Waals surface area contributed by atoms with E-state index >= 15 is 0 Å². The van der Waals surface area contributed by atoms with Crippen molar-refractivity contribution in [3.05, 3.63) is 29.8 Å². The van der Waals surface area contributed by atoms with Gasteiger partial charge in [0, 0.05) is 19.0 Å². The van der Waals surface area contributed by atoms with Crippen molar-refractivity contribution in [3.8, 4) is 5.75 Å². The normalized spacial score (nSPS) is 16.4. The summed E-state index contributed by atoms with van der Waals surface area (Å²) in [6, 6.07) is 7.25. The van der Waals surface area contributed by atoms with Crippen molar-refractivity contribution in [1.29, 1.82) is 0 Å². The van der Waals surface area contributed by atoms with Crippen molar-refractivity contribution in [1.82, 2.24) is 10.2 Å². The van der Waals surface area contributed by atoms with Crippen LogP contribution in [0.1, 0.15) is 38.3 Å². The molecule has 0 radical (unpaired) electrons. The van der Waals surface area contributed by atoms with Crippen LogP contribution in [0.15, 0.2) is 24.3 Å². The van der Waals surface area contributed by atoms with Crippen LogP contribution in [-0.4, -0.2) is 49.4 Å². The number of alkyl halides is 3. The number of nitrogens with zero attached hydrogens (tertiary/aromatic N) is 1. The molecule has 0 saturated carbocycles. The van der Waals surface area contributed by atoms with Gasteiger partial charge in [-0.1, -0.05) is 12.1 Å². The molecule has 28 heavy (non-hydrogen) atoms. The number of likely N-dealkylation sites (tertiary alicyclic amines) is 1. The highest BCUT2D eigenvalue weighted by Gasteiger charge is 2.33. The third-order valence-electron chi connectivity index (χ3n) is 4.53. The Morgan fingerprint density at radius 3 is 2.36 bits per heavy atom. The fourth-order valence-corrected chi connectivity index (χ4v) is 2.99. The third-order valence-corrected chi connectivity index (χ3v) is 4.53. The second-order valence-electron chi connectivity index (χ2n) is 6.66. The van der Waals surface area contributed by atoms with Crippen molar-refractivity contribution < 1.29 is 32.2 Å². The molecule has 1 heterocycles. The first-order valence-corrected chi connectivity index (χ1v) is 9.21. The lowest BCUT2D eigenvalue weighted by molar-refractivity contribution is -0.162. The Hall–Kier alpha value is -2.45. The van der Waals surface area contributed by atoms with Crippen LogP contribution in [0.2, 0.25) is 0 Å². The summed E-state index contributed by atoms with van der Waals surface area (Å²) in [5.74, 6) is 0.330. The van der Waals surface area contributed by atoms with Crippen molar-refractivity contribution in [2.75, 3.05) is 26.3 Å². The maximum Gasteiger partial charge on any atom is 0.422 e. The second kappa shape index (κ2) is 9.66. The van der Waals surface area contributed by atoms with Crippen LogP contribution in [-0.2, 0) is 9.53 Å². The molecule has 1 atom stereocenters. The highest BCUT2D eigenvalue weighted by atomic mass is 19.4. The lowest BCUT2D eigenvalue weighted by atomic mass is 9.95. The number of rotatable bonds is 6. The first-order chi connectivity index (χ1) is 13.2. The Balaban J connectivity index is 1.79. The van der Waals surface area contributed by atoms with E-state index in [0.29, 0.717) is 19.4 Å². The number of benzene rings is 1. The number of carbonyl (C=O) groups is 2. The van der Waals surface area contributed by atoms with E-state index in [1.165, 1.54) is 4.90 Å². The summed E-state index contributed by atoms with van der Waals surface area (Å²) in [5, 5.41) is 2.94. The standard InChI is InChI=1S/C19H25F3N2O4/c1-3-27-16-6-4-14(5-7-16)13(2)23-17(25)15-8-10-24(11-9-15)18(26)28-12-19(20,21)22/h4-7,13,15H,3,8-12H2,1-2H3,(H,23,25). The van der Waals surface area contributed by atoms with Gasteiger partial charge in [0.2, 0.25) is 5.91 Å². The number of piperidine rings is 1. The first kappa shape index (κ1) is 21.8. The maximum atomic E-state index is 12.5. The van der Waals surface area contributed by atoms with Crippen LogP contribution in [0.25, 0.3) is 0 Å². The summed E-state index contributed by atoms with van der Waals surface area (Å²) < 4.78 is 46.0. The Kier molecular flexibility index (Phi) is 7.53. The molecule has 1 unspecified atom stereocenters. The van der Waals surface area contributed by atoms with Gasteiger partial charge in [0.05, 0.1) is 12.6 Å². The predicted molar refractivity (Wildman–Crippen MR) is 95.9 cm³/mol. The van der Waals surface area contributed by atoms with Crippen LogP contribution < -0.4 is 10.1 Å². The highest BCUT2D eigenvalue weighted by molar-refractivity contribution is 5.79. The summed E-state index contributed by atoms with van der Waals surface area (Å²) in [5.41, 5.74) is 0.935. The minimum Gasteiger partial charge on any atom is -0.494 e. The second-order valence-corrected chi connectivity index (χ2v) is 6.66. The average Bonchev–Trinajstić information content (AvgIpc) is 2.66. The largest absolute Gasteiger partial charge is 0.494 e. The molecule has 2 amide bonds. The molecule has 0 aliphatic carbocycles. The first-order valence-electron chi connectivity index (χ1n) is 9.21. The summed E-state index contributed by atoms with van der Waals surface area (Å²) in [6.45, 7) is 3.12. The van der Waals surface area contributed by atoms with Crippen molar-refractivity contribution in [3.63, 3.8) is 0 Å². The minimum absolute atomic E-state index is 0.135. The van der Waals surface area contributed by atoms with Gasteiger partial charge in [-0.2, -0.15) is 13.2 Å². The van der Waals surface area contributed by atoms with Gasteiger partial charge in [0.1, 0.15) is 5.75 Å². The zero-order valence-corrected chi connectivity index (χ0v) is 15.9. The van der Waals surface area contributed by atoms with Crippen molar-refractivity contribution in [2.24, 2.45) is 5.92 Å². The summed E-state index contributed by atoms with van der Waals surface area (Å²) >= 11 is 0. The minimum atomic E-state index is -4.55. The van der Waals surface area contributed by atoms with E-state index < -0.39 is 18.9 Å². The molecule has 1 saturated heterocycles. The van der Waals surface area contributed by atoms with Gasteiger partial charge in [-0.05, 0) is 44.4 Å². The molecule has 1 aliphatic rings. The SMILES string of the molecule is CCOc1ccc(C(C)NC(=O)C2CCN(C(=O)OCC(F)(F)F)CC2)cc1. The van der Waals surface area contributed by atoms with Crippen molar-refractivity contribution >= 4 is 12.0 Å². The lowest BCUT2D eigenvalue weighted by Crippen LogP contribution is -2.44. The summed E-state index contributed by atoms with van der Waals surface area (Å²) in [7, 11) is 0. The Morgan fingerprint density at radius 1 is 1.21 bits per heavy atom. The van der Waals surface area contributed by atoms with E-state index in [1.807, 2.05) is 38.1 Å². The fraction of sp³-hybridized carbons (Fsp3) is 0.579. The molecule has 1 fully saturated rings. The quantitative estimate of drug-likeness (QED) is 0.788. The lowest BCUT2D eigenvalue weighted by Gasteiger charge is -2.31. The highest BCUT2D eigenvalue weighted by Crippen LogP contribution is 2.22. The van der Waals surface area contributed by atoms with Gasteiger partial charge in [-0.25, -0.2) is 4.79 Å². The Morgan fingerprint density at radius 2 is 1.82 bits per heavy atom. The van der Waals surface area contributed by atoms with Crippen molar-refractivity contribution in [2.45, 2.75) is 38.9 Å². The predicted octanol–water partition coefficient (Wildman–Crippen LogP) is 3.67. The van der Waals surface area contributed by atoms with Gasteiger partial charge in [-0.3, -0.25) is 4.79 Å². The molecular weight excluding hydrogens is 377 g/mol. The fourth-order valence-electron chi connectivity index (χ4n) is 2.99. The van der Waals surface area contributed by atoms with E-state index in [-0.39, 0.29) is 31.0 Å². The zero-order valence-electron chi connectivity index (χ0n) is 15.9. The Bertz CT molecular complexity index is 656. The van der Waals surface area contributed by atoms with E-state index in [2.05, 4.69) is 10.1 Å².